The number of para-hydroxylation sites is 1. The van der Waals surface area contributed by atoms with E-state index in [1.54, 1.807) is 4.68 Å². The highest BCUT2D eigenvalue weighted by Crippen LogP contribution is 2.30. The largest absolute Gasteiger partial charge is 0.308 e. The number of hydrogen-bond acceptors (Lipinski definition) is 3. The molecule has 0 saturated carbocycles. The average Bonchev–Trinajstić information content (AvgIpc) is 3.08. The van der Waals surface area contributed by atoms with Crippen molar-refractivity contribution in [2.45, 2.75) is 20.3 Å². The molecule has 0 N–H and O–H groups in total. The maximum absolute atomic E-state index is 13.1. The van der Waals surface area contributed by atoms with E-state index in [2.05, 4.69) is 16.1 Å². The van der Waals surface area contributed by atoms with E-state index in [1.165, 1.54) is 5.56 Å². The predicted octanol–water partition coefficient (Wildman–Crippen LogP) is 2.79. The van der Waals surface area contributed by atoms with Gasteiger partial charge in [0.25, 0.3) is 5.91 Å². The third kappa shape index (κ3) is 2.04. The Hall–Kier alpha value is -2.69. The quantitative estimate of drug-likeness (QED) is 0.694. The van der Waals surface area contributed by atoms with Crippen LogP contribution in [0.1, 0.15) is 27.3 Å². The molecule has 0 saturated heterocycles. The van der Waals surface area contributed by atoms with Gasteiger partial charge in [-0.15, -0.1) is 0 Å². The predicted molar refractivity (Wildman–Crippen MR) is 89.8 cm³/mol. The molecular weight excluding hydrogens is 288 g/mol. The van der Waals surface area contributed by atoms with Crippen molar-refractivity contribution in [3.63, 3.8) is 0 Å². The molecule has 0 atom stereocenters. The molecule has 1 aromatic carbocycles. The fraction of sp³-hybridized carbons (Fsp3) is 0.278. The van der Waals surface area contributed by atoms with Crippen molar-refractivity contribution in [3.8, 4) is 0 Å². The maximum Gasteiger partial charge on any atom is 0.260 e. The van der Waals surface area contributed by atoms with Gasteiger partial charge in [-0.2, -0.15) is 5.10 Å². The number of fused-ring (bicyclic) bond motifs is 2. The molecule has 116 valence electrons. The van der Waals surface area contributed by atoms with E-state index in [9.17, 15) is 4.79 Å². The molecule has 2 aromatic heterocycles. The number of aromatic nitrogens is 3. The number of benzene rings is 1. The smallest absolute Gasteiger partial charge is 0.260 e. The van der Waals surface area contributed by atoms with Crippen molar-refractivity contribution in [1.82, 2.24) is 14.8 Å². The van der Waals surface area contributed by atoms with E-state index in [-0.39, 0.29) is 5.91 Å². The van der Waals surface area contributed by atoms with E-state index in [0.29, 0.717) is 5.56 Å². The van der Waals surface area contributed by atoms with Gasteiger partial charge in [0.15, 0.2) is 5.65 Å². The zero-order valence-electron chi connectivity index (χ0n) is 13.5. The summed E-state index contributed by atoms with van der Waals surface area (Å²) in [7, 11) is 1.87. The molecule has 3 aromatic rings. The zero-order valence-corrected chi connectivity index (χ0v) is 13.5. The fourth-order valence-electron chi connectivity index (χ4n) is 3.34. The van der Waals surface area contributed by atoms with Crippen LogP contribution in [-0.2, 0) is 13.5 Å². The molecule has 3 heterocycles. The van der Waals surface area contributed by atoms with Gasteiger partial charge in [-0.05, 0) is 38.0 Å². The van der Waals surface area contributed by atoms with Crippen LogP contribution in [0.5, 0.6) is 0 Å². The van der Waals surface area contributed by atoms with Crippen molar-refractivity contribution >= 4 is 22.6 Å². The molecule has 1 amide bonds. The maximum atomic E-state index is 13.1. The summed E-state index contributed by atoms with van der Waals surface area (Å²) >= 11 is 0. The normalized spacial score (nSPS) is 13.6. The van der Waals surface area contributed by atoms with Gasteiger partial charge in [0.2, 0.25) is 0 Å². The molecule has 0 bridgehead atoms. The number of rotatable bonds is 1. The van der Waals surface area contributed by atoms with E-state index in [1.807, 2.05) is 50.1 Å². The molecule has 5 nitrogen and oxygen atoms in total. The van der Waals surface area contributed by atoms with Gasteiger partial charge in [-0.25, -0.2) is 4.98 Å². The monoisotopic (exact) mass is 306 g/mol. The Morgan fingerprint density at radius 3 is 2.78 bits per heavy atom. The summed E-state index contributed by atoms with van der Waals surface area (Å²) in [5.74, 6) is 0.0186. The molecule has 0 unspecified atom stereocenters. The number of carbonyl (C=O) groups excluding carboxylic acids is 1. The van der Waals surface area contributed by atoms with Crippen molar-refractivity contribution in [2.24, 2.45) is 7.05 Å². The standard InChI is InChI=1S/C18H18N4O/c1-11-15(10-14-12(2)20-21(3)17(14)19-11)18(23)22-9-8-13-6-4-5-7-16(13)22/h4-7,10H,8-9H2,1-3H3. The number of hydrogen-bond donors (Lipinski definition) is 0. The first-order valence-corrected chi connectivity index (χ1v) is 7.77. The number of pyridine rings is 1. The molecule has 0 aliphatic carbocycles. The van der Waals surface area contributed by atoms with Crippen LogP contribution in [-0.4, -0.2) is 27.2 Å². The third-order valence-corrected chi connectivity index (χ3v) is 4.55. The number of anilines is 1. The van der Waals surface area contributed by atoms with E-state index < -0.39 is 0 Å². The van der Waals surface area contributed by atoms with Gasteiger partial charge >= 0.3 is 0 Å². The minimum atomic E-state index is 0.0186. The van der Waals surface area contributed by atoms with Gasteiger partial charge in [0.1, 0.15) is 0 Å². The molecule has 0 radical (unpaired) electrons. The molecule has 1 aliphatic heterocycles. The van der Waals surface area contributed by atoms with Gasteiger partial charge in [-0.3, -0.25) is 9.48 Å². The average molecular weight is 306 g/mol. The van der Waals surface area contributed by atoms with Crippen LogP contribution in [0.15, 0.2) is 30.3 Å². The van der Waals surface area contributed by atoms with Gasteiger partial charge in [-0.1, -0.05) is 18.2 Å². The summed E-state index contributed by atoms with van der Waals surface area (Å²) in [6.45, 7) is 4.55. The van der Waals surface area contributed by atoms with Crippen LogP contribution in [0.3, 0.4) is 0 Å². The third-order valence-electron chi connectivity index (χ3n) is 4.55. The molecule has 0 fully saturated rings. The lowest BCUT2D eigenvalue weighted by Gasteiger charge is -2.18. The van der Waals surface area contributed by atoms with Crippen molar-refractivity contribution in [2.75, 3.05) is 11.4 Å². The summed E-state index contributed by atoms with van der Waals surface area (Å²) < 4.78 is 1.76. The van der Waals surface area contributed by atoms with Crippen LogP contribution in [0.2, 0.25) is 0 Å². The topological polar surface area (TPSA) is 51.0 Å². The second-order valence-corrected chi connectivity index (χ2v) is 6.04. The minimum Gasteiger partial charge on any atom is -0.308 e. The van der Waals surface area contributed by atoms with Gasteiger partial charge in [0.05, 0.1) is 17.0 Å². The fourth-order valence-corrected chi connectivity index (χ4v) is 3.34. The number of carbonyl (C=O) groups is 1. The number of nitrogens with zero attached hydrogens (tertiary/aromatic N) is 4. The van der Waals surface area contributed by atoms with E-state index >= 15 is 0 Å². The lowest BCUT2D eigenvalue weighted by Crippen LogP contribution is -2.29. The first kappa shape index (κ1) is 13.9. The van der Waals surface area contributed by atoms with Crippen molar-refractivity contribution in [3.05, 3.63) is 52.8 Å². The van der Waals surface area contributed by atoms with Crippen molar-refractivity contribution < 1.29 is 4.79 Å². The van der Waals surface area contributed by atoms with Crippen LogP contribution < -0.4 is 4.90 Å². The van der Waals surface area contributed by atoms with Crippen LogP contribution in [0, 0.1) is 13.8 Å². The van der Waals surface area contributed by atoms with Gasteiger partial charge in [0, 0.05) is 24.7 Å². The molecule has 4 rings (SSSR count). The molecular formula is C18H18N4O. The molecule has 5 heteroatoms. The Balaban J connectivity index is 1.82. The first-order valence-electron chi connectivity index (χ1n) is 7.77. The molecule has 23 heavy (non-hydrogen) atoms. The zero-order chi connectivity index (χ0) is 16.1. The Bertz CT molecular complexity index is 942. The number of aryl methyl sites for hydroxylation is 3. The Labute approximate surface area is 134 Å². The van der Waals surface area contributed by atoms with Crippen LogP contribution in [0.4, 0.5) is 5.69 Å². The highest BCUT2D eigenvalue weighted by atomic mass is 16.2. The Morgan fingerprint density at radius 1 is 1.17 bits per heavy atom. The van der Waals surface area contributed by atoms with Crippen molar-refractivity contribution in [1.29, 1.82) is 0 Å². The van der Waals surface area contributed by atoms with Gasteiger partial charge < -0.3 is 4.90 Å². The highest BCUT2D eigenvalue weighted by molar-refractivity contribution is 6.09. The lowest BCUT2D eigenvalue weighted by atomic mass is 10.1. The second kappa shape index (κ2) is 4.91. The van der Waals surface area contributed by atoms with E-state index in [0.717, 1.165) is 41.1 Å². The Kier molecular flexibility index (Phi) is 2.98. The Morgan fingerprint density at radius 2 is 1.96 bits per heavy atom. The lowest BCUT2D eigenvalue weighted by molar-refractivity contribution is 0.0988. The summed E-state index contributed by atoms with van der Waals surface area (Å²) in [6.07, 6.45) is 0.905. The summed E-state index contributed by atoms with van der Waals surface area (Å²) in [5, 5.41) is 5.33. The summed E-state index contributed by atoms with van der Waals surface area (Å²) in [4.78, 5) is 19.5. The van der Waals surface area contributed by atoms with E-state index in [4.69, 9.17) is 0 Å². The first-order chi connectivity index (χ1) is 11.1. The molecule has 0 spiro atoms. The summed E-state index contributed by atoms with van der Waals surface area (Å²) in [5.41, 5.74) is 5.36. The summed E-state index contributed by atoms with van der Waals surface area (Å²) in [6, 6.07) is 10.0. The second-order valence-electron chi connectivity index (χ2n) is 6.04. The SMILES string of the molecule is Cc1nc2c(cc1C(=O)N1CCc3ccccc31)c(C)nn2C. The molecule has 1 aliphatic rings. The minimum absolute atomic E-state index is 0.0186. The highest BCUT2D eigenvalue weighted by Gasteiger charge is 2.27. The number of amides is 1. The van der Waals surface area contributed by atoms with Crippen LogP contribution in [0.25, 0.3) is 11.0 Å². The van der Waals surface area contributed by atoms with Crippen LogP contribution >= 0.6 is 0 Å².